The van der Waals surface area contributed by atoms with Gasteiger partial charge in [-0.1, -0.05) is 185 Å². The fourth-order valence-electron chi connectivity index (χ4n) is 6.42. The van der Waals surface area contributed by atoms with E-state index in [9.17, 15) is 19.4 Å². The second kappa shape index (κ2) is 38.2. The molecule has 0 aromatic carbocycles. The highest BCUT2D eigenvalue weighted by Crippen LogP contribution is 2.38. The fraction of sp³-hybridized carbons (Fsp3) is 0.848. The minimum Gasteiger partial charge on any atom is -0.756 e. The van der Waals surface area contributed by atoms with Crippen LogP contribution in [0, 0.1) is 0 Å². The third-order valence-corrected chi connectivity index (χ3v) is 11.0. The van der Waals surface area contributed by atoms with Crippen LogP contribution in [0.1, 0.15) is 200 Å². The van der Waals surface area contributed by atoms with Gasteiger partial charge in [0.15, 0.2) is 0 Å². The molecule has 0 heterocycles. The molecule has 324 valence electrons. The number of aliphatic hydroxyl groups excluding tert-OH is 1. The van der Waals surface area contributed by atoms with E-state index < -0.39 is 26.6 Å². The molecule has 0 spiro atoms. The minimum atomic E-state index is -4.58. The summed E-state index contributed by atoms with van der Waals surface area (Å²) in [5.74, 6) is -0.225. The number of amides is 1. The molecule has 1 amide bonds. The average Bonchev–Trinajstić information content (AvgIpc) is 3.13. The molecule has 0 fully saturated rings. The Morgan fingerprint density at radius 1 is 0.618 bits per heavy atom. The Labute approximate surface area is 340 Å². The fourth-order valence-corrected chi connectivity index (χ4v) is 7.14. The molecular weight excluding hydrogens is 707 g/mol. The number of carbonyl (C=O) groups is 1. The van der Waals surface area contributed by atoms with E-state index in [1.807, 2.05) is 27.2 Å². The average molecular weight is 797 g/mol. The molecule has 9 heteroatoms. The zero-order valence-electron chi connectivity index (χ0n) is 36.6. The summed E-state index contributed by atoms with van der Waals surface area (Å²) in [6, 6.07) is -0.903. The zero-order valence-corrected chi connectivity index (χ0v) is 37.5. The summed E-state index contributed by atoms with van der Waals surface area (Å²) >= 11 is 0. The third-order valence-electron chi connectivity index (χ3n) is 10.1. The number of nitrogens with one attached hydrogen (secondary N) is 1. The molecule has 0 bridgehead atoms. The first kappa shape index (κ1) is 53.7. The van der Waals surface area contributed by atoms with E-state index in [1.165, 1.54) is 122 Å². The predicted octanol–water partition coefficient (Wildman–Crippen LogP) is 12.1. The van der Waals surface area contributed by atoms with E-state index in [0.717, 1.165) is 57.8 Å². The smallest absolute Gasteiger partial charge is 0.268 e. The summed E-state index contributed by atoms with van der Waals surface area (Å²) in [5.41, 5.74) is 0. The van der Waals surface area contributed by atoms with Crippen molar-refractivity contribution in [1.29, 1.82) is 0 Å². The van der Waals surface area contributed by atoms with E-state index in [0.29, 0.717) is 17.4 Å². The molecule has 0 aliphatic rings. The van der Waals surface area contributed by atoms with Crippen LogP contribution in [0.15, 0.2) is 36.5 Å². The molecule has 0 saturated carbocycles. The Kier molecular flexibility index (Phi) is 37.4. The first-order chi connectivity index (χ1) is 26.5. The van der Waals surface area contributed by atoms with Gasteiger partial charge in [-0.3, -0.25) is 9.36 Å². The minimum absolute atomic E-state index is 0.00897. The number of aliphatic hydroxyl groups is 1. The van der Waals surface area contributed by atoms with Crippen molar-refractivity contribution in [2.75, 3.05) is 40.9 Å². The largest absolute Gasteiger partial charge is 0.756 e. The second-order valence-corrected chi connectivity index (χ2v) is 18.2. The molecule has 3 atom stereocenters. The van der Waals surface area contributed by atoms with Crippen LogP contribution in [-0.2, 0) is 18.4 Å². The van der Waals surface area contributed by atoms with Gasteiger partial charge in [0, 0.05) is 6.42 Å². The lowest BCUT2D eigenvalue weighted by Crippen LogP contribution is -2.45. The van der Waals surface area contributed by atoms with E-state index >= 15 is 0 Å². The summed E-state index contributed by atoms with van der Waals surface area (Å²) in [4.78, 5) is 24.9. The Balaban J connectivity index is 4.11. The van der Waals surface area contributed by atoms with E-state index in [-0.39, 0.29) is 12.5 Å². The van der Waals surface area contributed by atoms with Gasteiger partial charge in [0.05, 0.1) is 39.9 Å². The number of allylic oxidation sites excluding steroid dienone is 5. The van der Waals surface area contributed by atoms with Crippen molar-refractivity contribution >= 4 is 13.7 Å². The molecule has 55 heavy (non-hydrogen) atoms. The number of rotatable bonds is 41. The molecular formula is C46H89N2O6P. The van der Waals surface area contributed by atoms with E-state index in [1.54, 1.807) is 6.08 Å². The topological polar surface area (TPSA) is 108 Å². The highest BCUT2D eigenvalue weighted by molar-refractivity contribution is 7.45. The van der Waals surface area contributed by atoms with Crippen LogP contribution in [0.5, 0.6) is 0 Å². The Hall–Kier alpha value is -1.28. The standard InChI is InChI=1S/C46H89N2O6P/c1-6-8-10-12-13-14-15-16-17-18-19-20-21-22-23-24-25-26-27-28-29-30-31-32-33-34-36-37-39-45(49)44(47-46(50)40-38-35-11-9-7-2)43-54-55(51,52)53-42-41-48(3,4)5/h28-29,32-33,37,39,44-45,49H,6-27,30-31,34-36,38,40-43H2,1-5H3,(H-,47,50,51,52)/b29-28+,33-32+,39-37+. The maximum Gasteiger partial charge on any atom is 0.268 e. The number of phosphoric acid groups is 1. The highest BCUT2D eigenvalue weighted by atomic mass is 31.2. The molecule has 0 aliphatic heterocycles. The Morgan fingerprint density at radius 3 is 1.47 bits per heavy atom. The summed E-state index contributed by atoms with van der Waals surface area (Å²) < 4.78 is 23.0. The van der Waals surface area contributed by atoms with Crippen LogP contribution in [0.3, 0.4) is 0 Å². The van der Waals surface area contributed by atoms with Crippen molar-refractivity contribution in [3.63, 3.8) is 0 Å². The maximum atomic E-state index is 12.6. The van der Waals surface area contributed by atoms with Crippen molar-refractivity contribution < 1.29 is 32.9 Å². The van der Waals surface area contributed by atoms with Crippen molar-refractivity contribution in [2.45, 2.75) is 212 Å². The molecule has 8 nitrogen and oxygen atoms in total. The lowest BCUT2D eigenvalue weighted by molar-refractivity contribution is -0.870. The summed E-state index contributed by atoms with van der Waals surface area (Å²) in [6.07, 6.45) is 47.0. The van der Waals surface area contributed by atoms with E-state index in [2.05, 4.69) is 43.5 Å². The first-order valence-electron chi connectivity index (χ1n) is 22.9. The number of phosphoric ester groups is 1. The van der Waals surface area contributed by atoms with Gasteiger partial charge < -0.3 is 28.8 Å². The Bertz CT molecular complexity index is 995. The SMILES string of the molecule is CCCCCCCCCCCCCCCCCCCC/C=C/CC/C=C/CC/C=C/C(O)C(COP(=O)([O-])OCC[N+](C)(C)C)NC(=O)CCCCCCC. The van der Waals surface area contributed by atoms with Crippen molar-refractivity contribution in [1.82, 2.24) is 5.32 Å². The first-order valence-corrected chi connectivity index (χ1v) is 24.3. The Morgan fingerprint density at radius 2 is 1.02 bits per heavy atom. The lowest BCUT2D eigenvalue weighted by atomic mass is 10.0. The quantitative estimate of drug-likeness (QED) is 0.0276. The van der Waals surface area contributed by atoms with Crippen LogP contribution in [0.4, 0.5) is 0 Å². The number of quaternary nitrogens is 1. The second-order valence-electron chi connectivity index (χ2n) is 16.7. The number of likely N-dealkylation sites (N-methyl/N-ethyl adjacent to an activating group) is 1. The van der Waals surface area contributed by atoms with Crippen molar-refractivity contribution in [3.05, 3.63) is 36.5 Å². The molecule has 0 saturated heterocycles. The van der Waals surface area contributed by atoms with Gasteiger partial charge >= 0.3 is 0 Å². The van der Waals surface area contributed by atoms with Crippen molar-refractivity contribution in [3.8, 4) is 0 Å². The van der Waals surface area contributed by atoms with Crippen LogP contribution in [-0.4, -0.2) is 68.5 Å². The number of unbranched alkanes of at least 4 members (excludes halogenated alkanes) is 24. The van der Waals surface area contributed by atoms with Crippen LogP contribution in [0.2, 0.25) is 0 Å². The lowest BCUT2D eigenvalue weighted by Gasteiger charge is -2.29. The molecule has 0 aromatic heterocycles. The molecule has 0 aromatic rings. The van der Waals surface area contributed by atoms with Crippen LogP contribution < -0.4 is 10.2 Å². The van der Waals surface area contributed by atoms with Gasteiger partial charge in [0.25, 0.3) is 7.82 Å². The zero-order chi connectivity index (χ0) is 40.7. The van der Waals surface area contributed by atoms with Gasteiger partial charge in [-0.15, -0.1) is 0 Å². The maximum absolute atomic E-state index is 12.6. The third kappa shape index (κ3) is 40.7. The molecule has 0 aliphatic carbocycles. The predicted molar refractivity (Wildman–Crippen MR) is 233 cm³/mol. The summed E-state index contributed by atoms with van der Waals surface area (Å²) in [5, 5.41) is 13.6. The molecule has 0 rings (SSSR count). The highest BCUT2D eigenvalue weighted by Gasteiger charge is 2.23. The normalized spacial score (nSPS) is 14.7. The molecule has 3 unspecified atom stereocenters. The van der Waals surface area contributed by atoms with Crippen LogP contribution in [0.25, 0.3) is 0 Å². The van der Waals surface area contributed by atoms with Gasteiger partial charge in [0.2, 0.25) is 5.91 Å². The summed E-state index contributed by atoms with van der Waals surface area (Å²) in [6.45, 7) is 4.52. The molecule has 0 radical (unpaired) electrons. The number of nitrogens with zero attached hydrogens (tertiary/aromatic N) is 1. The monoisotopic (exact) mass is 797 g/mol. The van der Waals surface area contributed by atoms with Gasteiger partial charge in [-0.05, 0) is 44.9 Å². The number of hydrogen-bond acceptors (Lipinski definition) is 6. The van der Waals surface area contributed by atoms with Crippen LogP contribution >= 0.6 is 7.82 Å². The van der Waals surface area contributed by atoms with Crippen molar-refractivity contribution in [2.24, 2.45) is 0 Å². The number of hydrogen-bond donors (Lipinski definition) is 2. The van der Waals surface area contributed by atoms with Gasteiger partial charge in [0.1, 0.15) is 13.2 Å². The summed E-state index contributed by atoms with van der Waals surface area (Å²) in [7, 11) is 1.23. The van der Waals surface area contributed by atoms with E-state index in [4.69, 9.17) is 9.05 Å². The molecule has 2 N–H and O–H groups in total. The van der Waals surface area contributed by atoms with Gasteiger partial charge in [-0.2, -0.15) is 0 Å². The van der Waals surface area contributed by atoms with Gasteiger partial charge in [-0.25, -0.2) is 0 Å². The number of carbonyl (C=O) groups excluding carboxylic acids is 1.